The minimum absolute atomic E-state index is 0.153. The number of thiocarbonyl (C=S) groups is 1. The first-order valence-electron chi connectivity index (χ1n) is 6.00. The van der Waals surface area contributed by atoms with Crippen molar-refractivity contribution >= 4 is 23.1 Å². The highest BCUT2D eigenvalue weighted by Gasteiger charge is 2.31. The van der Waals surface area contributed by atoms with Gasteiger partial charge in [0.2, 0.25) is 0 Å². The van der Waals surface area contributed by atoms with Gasteiger partial charge in [0.15, 0.2) is 0 Å². The molecule has 0 fully saturated rings. The van der Waals surface area contributed by atoms with Crippen LogP contribution in [-0.2, 0) is 0 Å². The number of benzene rings is 1. The molecule has 0 saturated carbocycles. The summed E-state index contributed by atoms with van der Waals surface area (Å²) in [7, 11) is 0. The number of aromatic hydroxyl groups is 2. The lowest BCUT2D eigenvalue weighted by molar-refractivity contribution is 0.0919. The van der Waals surface area contributed by atoms with Crippen LogP contribution in [0.1, 0.15) is 37.0 Å². The maximum absolute atomic E-state index is 12.1. The van der Waals surface area contributed by atoms with Gasteiger partial charge in [0.1, 0.15) is 11.5 Å². The van der Waals surface area contributed by atoms with E-state index in [1.165, 1.54) is 12.1 Å². The minimum atomic E-state index is -0.756. The van der Waals surface area contributed by atoms with Gasteiger partial charge in [0.25, 0.3) is 5.91 Å². The monoisotopic (exact) mass is 282 g/mol. The van der Waals surface area contributed by atoms with Gasteiger partial charge in [-0.05, 0) is 25.0 Å². The summed E-state index contributed by atoms with van der Waals surface area (Å²) in [6.07, 6.45) is 1.13. The molecule has 6 heteroatoms. The summed E-state index contributed by atoms with van der Waals surface area (Å²) < 4.78 is 0. The van der Waals surface area contributed by atoms with E-state index < -0.39 is 11.4 Å². The van der Waals surface area contributed by atoms with Crippen molar-refractivity contribution in [2.24, 2.45) is 5.73 Å². The summed E-state index contributed by atoms with van der Waals surface area (Å²) in [5.74, 6) is -0.805. The van der Waals surface area contributed by atoms with Crippen LogP contribution in [0.25, 0.3) is 0 Å². The van der Waals surface area contributed by atoms with Gasteiger partial charge < -0.3 is 21.3 Å². The van der Waals surface area contributed by atoms with E-state index >= 15 is 0 Å². The predicted octanol–water partition coefficient (Wildman–Crippen LogP) is 1.67. The molecule has 0 heterocycles. The van der Waals surface area contributed by atoms with Crippen LogP contribution in [0, 0.1) is 0 Å². The zero-order chi connectivity index (χ0) is 14.6. The fourth-order valence-electron chi connectivity index (χ4n) is 1.85. The molecule has 104 valence electrons. The maximum atomic E-state index is 12.1. The van der Waals surface area contributed by atoms with E-state index in [-0.39, 0.29) is 22.1 Å². The van der Waals surface area contributed by atoms with Crippen LogP contribution >= 0.6 is 12.2 Å². The third kappa shape index (κ3) is 3.35. The first-order chi connectivity index (χ1) is 8.84. The van der Waals surface area contributed by atoms with Gasteiger partial charge in [-0.1, -0.05) is 26.1 Å². The molecule has 0 saturated heterocycles. The molecule has 0 aliphatic rings. The van der Waals surface area contributed by atoms with Crippen LogP contribution in [0.5, 0.6) is 11.5 Å². The molecule has 1 rings (SSSR count). The smallest absolute Gasteiger partial charge is 0.252 e. The minimum Gasteiger partial charge on any atom is -0.508 e. The number of rotatable bonds is 5. The number of amides is 1. The average molecular weight is 282 g/mol. The third-order valence-electron chi connectivity index (χ3n) is 3.20. The number of hydrogen-bond acceptors (Lipinski definition) is 4. The van der Waals surface area contributed by atoms with E-state index in [1.807, 2.05) is 13.8 Å². The van der Waals surface area contributed by atoms with Crippen molar-refractivity contribution < 1.29 is 15.0 Å². The Labute approximate surface area is 117 Å². The average Bonchev–Trinajstić information content (AvgIpc) is 2.34. The second-order valence-electron chi connectivity index (χ2n) is 4.35. The summed E-state index contributed by atoms with van der Waals surface area (Å²) in [5, 5.41) is 21.5. The first-order valence-corrected chi connectivity index (χ1v) is 6.41. The lowest BCUT2D eigenvalue weighted by Crippen LogP contribution is -2.55. The molecule has 0 unspecified atom stereocenters. The van der Waals surface area contributed by atoms with E-state index in [9.17, 15) is 15.0 Å². The molecule has 0 spiro atoms. The van der Waals surface area contributed by atoms with Gasteiger partial charge in [-0.3, -0.25) is 4.79 Å². The quantitative estimate of drug-likeness (QED) is 0.616. The largest absolute Gasteiger partial charge is 0.508 e. The van der Waals surface area contributed by atoms with E-state index in [0.29, 0.717) is 12.8 Å². The molecule has 0 aliphatic heterocycles. The van der Waals surface area contributed by atoms with Crippen LogP contribution in [-0.4, -0.2) is 26.6 Å². The van der Waals surface area contributed by atoms with E-state index in [4.69, 9.17) is 18.0 Å². The molecule has 5 N–H and O–H groups in total. The standard InChI is InChI=1S/C13H18N2O3S/c1-3-13(4-2,12(14)19)15-11(18)8-5-9(16)7-10(17)6-8/h5-7,16-17H,3-4H2,1-2H3,(H2,14,19)(H,15,18). The van der Waals surface area contributed by atoms with Crippen molar-refractivity contribution in [2.45, 2.75) is 32.2 Å². The second-order valence-corrected chi connectivity index (χ2v) is 4.79. The summed E-state index contributed by atoms with van der Waals surface area (Å²) >= 11 is 5.01. The van der Waals surface area contributed by atoms with Gasteiger partial charge in [-0.15, -0.1) is 0 Å². The van der Waals surface area contributed by atoms with Crippen LogP contribution in [0.4, 0.5) is 0 Å². The summed E-state index contributed by atoms with van der Waals surface area (Å²) in [6.45, 7) is 3.76. The molecule has 1 aromatic carbocycles. The number of nitrogens with one attached hydrogen (secondary N) is 1. The third-order valence-corrected chi connectivity index (χ3v) is 3.59. The Morgan fingerprint density at radius 2 is 1.74 bits per heavy atom. The van der Waals surface area contributed by atoms with Crippen LogP contribution in [0.15, 0.2) is 18.2 Å². The Bertz CT molecular complexity index is 478. The predicted molar refractivity (Wildman–Crippen MR) is 77.3 cm³/mol. The van der Waals surface area contributed by atoms with Crippen LogP contribution in [0.2, 0.25) is 0 Å². The Hall–Kier alpha value is -1.82. The highest BCUT2D eigenvalue weighted by molar-refractivity contribution is 7.80. The fraction of sp³-hybridized carbons (Fsp3) is 0.385. The lowest BCUT2D eigenvalue weighted by Gasteiger charge is -2.31. The van der Waals surface area contributed by atoms with Crippen molar-refractivity contribution in [2.75, 3.05) is 0 Å². The van der Waals surface area contributed by atoms with Gasteiger partial charge >= 0.3 is 0 Å². The van der Waals surface area contributed by atoms with Gasteiger partial charge in [0, 0.05) is 11.6 Å². The van der Waals surface area contributed by atoms with Crippen molar-refractivity contribution in [3.8, 4) is 11.5 Å². The molecule has 0 atom stereocenters. The summed E-state index contributed by atoms with van der Waals surface area (Å²) in [6, 6.07) is 3.69. The molecule has 1 amide bonds. The normalized spacial score (nSPS) is 11.1. The van der Waals surface area contributed by atoms with Crippen molar-refractivity contribution in [3.05, 3.63) is 23.8 Å². The van der Waals surface area contributed by atoms with Gasteiger partial charge in [-0.25, -0.2) is 0 Å². The molecule has 0 bridgehead atoms. The SMILES string of the molecule is CCC(CC)(NC(=O)c1cc(O)cc(O)c1)C(N)=S. The molecule has 0 aromatic heterocycles. The molecule has 19 heavy (non-hydrogen) atoms. The van der Waals surface area contributed by atoms with Crippen molar-refractivity contribution in [1.29, 1.82) is 0 Å². The fourth-order valence-corrected chi connectivity index (χ4v) is 2.19. The number of carbonyl (C=O) groups excluding carboxylic acids is 1. The Balaban J connectivity index is 3.03. The first kappa shape index (κ1) is 15.2. The number of carbonyl (C=O) groups is 1. The topological polar surface area (TPSA) is 95.6 Å². The van der Waals surface area contributed by atoms with E-state index in [2.05, 4.69) is 5.32 Å². The Morgan fingerprint density at radius 1 is 1.26 bits per heavy atom. The molecule has 5 nitrogen and oxygen atoms in total. The Kier molecular flexibility index (Phi) is 4.72. The molecule has 0 aliphatic carbocycles. The molecule has 0 radical (unpaired) electrons. The molecular weight excluding hydrogens is 264 g/mol. The number of hydrogen-bond donors (Lipinski definition) is 4. The zero-order valence-corrected chi connectivity index (χ0v) is 11.8. The Morgan fingerprint density at radius 3 is 2.11 bits per heavy atom. The van der Waals surface area contributed by atoms with Gasteiger partial charge in [0.05, 0.1) is 10.5 Å². The second kappa shape index (κ2) is 5.88. The lowest BCUT2D eigenvalue weighted by atomic mass is 9.92. The molecule has 1 aromatic rings. The number of phenolic OH excluding ortho intramolecular Hbond substituents is 2. The highest BCUT2D eigenvalue weighted by Crippen LogP contribution is 2.22. The van der Waals surface area contributed by atoms with Crippen LogP contribution in [0.3, 0.4) is 0 Å². The van der Waals surface area contributed by atoms with E-state index in [1.54, 1.807) is 0 Å². The van der Waals surface area contributed by atoms with E-state index in [0.717, 1.165) is 6.07 Å². The van der Waals surface area contributed by atoms with Crippen LogP contribution < -0.4 is 11.1 Å². The summed E-state index contributed by atoms with van der Waals surface area (Å²) in [4.78, 5) is 12.4. The van der Waals surface area contributed by atoms with Crippen molar-refractivity contribution in [1.82, 2.24) is 5.32 Å². The van der Waals surface area contributed by atoms with Crippen molar-refractivity contribution in [3.63, 3.8) is 0 Å². The zero-order valence-electron chi connectivity index (χ0n) is 10.9. The van der Waals surface area contributed by atoms with Gasteiger partial charge in [-0.2, -0.15) is 0 Å². The number of phenols is 2. The highest BCUT2D eigenvalue weighted by atomic mass is 32.1. The number of nitrogens with two attached hydrogens (primary N) is 1. The maximum Gasteiger partial charge on any atom is 0.252 e. The molecular formula is C13H18N2O3S. The summed E-state index contributed by atoms with van der Waals surface area (Å²) in [5.41, 5.74) is 5.09.